The molecule has 0 fully saturated rings. The van der Waals surface area contributed by atoms with Gasteiger partial charge in [0.15, 0.2) is 9.84 Å². The summed E-state index contributed by atoms with van der Waals surface area (Å²) in [5.74, 6) is -0.957. The number of hydrogen-bond acceptors (Lipinski definition) is 3. The number of sulfone groups is 1. The van der Waals surface area contributed by atoms with Gasteiger partial charge in [-0.05, 0) is 43.5 Å². The van der Waals surface area contributed by atoms with Crippen molar-refractivity contribution in [2.75, 3.05) is 0 Å². The van der Waals surface area contributed by atoms with Crippen LogP contribution in [0.5, 0.6) is 0 Å². The second-order valence-electron chi connectivity index (χ2n) is 4.90. The minimum absolute atomic E-state index is 0.155. The van der Waals surface area contributed by atoms with Crippen molar-refractivity contribution >= 4 is 15.8 Å². The van der Waals surface area contributed by atoms with Gasteiger partial charge in [0.25, 0.3) is 0 Å². The van der Waals surface area contributed by atoms with E-state index in [0.717, 1.165) is 18.4 Å². The third-order valence-electron chi connectivity index (χ3n) is 2.87. The maximum absolute atomic E-state index is 12.2. The van der Waals surface area contributed by atoms with Gasteiger partial charge < -0.3 is 5.11 Å². The summed E-state index contributed by atoms with van der Waals surface area (Å²) in [6, 6.07) is 4.91. The maximum atomic E-state index is 12.2. The highest BCUT2D eigenvalue weighted by atomic mass is 32.2. The minimum atomic E-state index is -3.37. The lowest BCUT2D eigenvalue weighted by Crippen LogP contribution is -2.15. The third-order valence-corrected chi connectivity index (χ3v) is 5.00. The van der Waals surface area contributed by atoms with Crippen LogP contribution in [0.15, 0.2) is 23.1 Å². The zero-order chi connectivity index (χ0) is 14.6. The quantitative estimate of drug-likeness (QED) is 0.871. The maximum Gasteiger partial charge on any atom is 0.307 e. The summed E-state index contributed by atoms with van der Waals surface area (Å²) in [6.45, 7) is 5.25. The molecule has 4 nitrogen and oxygen atoms in total. The van der Waals surface area contributed by atoms with Crippen LogP contribution in [0.25, 0.3) is 0 Å². The first-order chi connectivity index (χ1) is 8.77. The molecule has 106 valence electrons. The lowest BCUT2D eigenvalue weighted by molar-refractivity contribution is -0.136. The van der Waals surface area contributed by atoms with Gasteiger partial charge in [-0.25, -0.2) is 8.42 Å². The SMILES string of the molecule is CCCc1cc(CC(=O)O)cc(S(=O)(=O)C(C)C)c1. The molecule has 0 aliphatic heterocycles. The fraction of sp³-hybridized carbons (Fsp3) is 0.500. The number of carboxylic acid groups (broad SMARTS) is 1. The molecule has 0 bridgehead atoms. The van der Waals surface area contributed by atoms with Crippen molar-refractivity contribution in [3.63, 3.8) is 0 Å². The molecular weight excluding hydrogens is 264 g/mol. The molecule has 0 saturated carbocycles. The van der Waals surface area contributed by atoms with E-state index in [1.54, 1.807) is 26.0 Å². The van der Waals surface area contributed by atoms with E-state index in [9.17, 15) is 13.2 Å². The van der Waals surface area contributed by atoms with Crippen LogP contribution in [0.2, 0.25) is 0 Å². The Balaban J connectivity index is 3.31. The second kappa shape index (κ2) is 6.19. The van der Waals surface area contributed by atoms with Crippen molar-refractivity contribution in [1.29, 1.82) is 0 Å². The summed E-state index contributed by atoms with van der Waals surface area (Å²) in [5, 5.41) is 8.33. The van der Waals surface area contributed by atoms with Gasteiger partial charge in [-0.15, -0.1) is 0 Å². The molecule has 0 aliphatic rings. The standard InChI is InChI=1S/C14H20O4S/c1-4-5-11-6-12(9-14(15)16)8-13(7-11)19(17,18)10(2)3/h6-8,10H,4-5,9H2,1-3H3,(H,15,16). The highest BCUT2D eigenvalue weighted by Gasteiger charge is 2.20. The van der Waals surface area contributed by atoms with E-state index in [1.165, 1.54) is 6.07 Å². The number of rotatable bonds is 6. The molecule has 19 heavy (non-hydrogen) atoms. The van der Waals surface area contributed by atoms with E-state index < -0.39 is 21.1 Å². The lowest BCUT2D eigenvalue weighted by Gasteiger charge is -2.11. The van der Waals surface area contributed by atoms with Crippen LogP contribution in [-0.2, 0) is 27.5 Å². The van der Waals surface area contributed by atoms with Gasteiger partial charge in [0.2, 0.25) is 0 Å². The molecule has 0 heterocycles. The van der Waals surface area contributed by atoms with Crippen molar-refractivity contribution in [1.82, 2.24) is 0 Å². The smallest absolute Gasteiger partial charge is 0.307 e. The fourth-order valence-corrected chi connectivity index (χ4v) is 3.05. The summed E-state index contributed by atoms with van der Waals surface area (Å²) in [6.07, 6.45) is 1.48. The number of aliphatic carboxylic acids is 1. The molecule has 5 heteroatoms. The first kappa shape index (κ1) is 15.7. The summed E-state index contributed by atoms with van der Waals surface area (Å²) in [7, 11) is -3.37. The van der Waals surface area contributed by atoms with E-state index in [4.69, 9.17) is 5.11 Å². The van der Waals surface area contributed by atoms with E-state index in [2.05, 4.69) is 0 Å². The van der Waals surface area contributed by atoms with E-state index in [0.29, 0.717) is 5.56 Å². The number of aryl methyl sites for hydroxylation is 1. The molecule has 1 N–H and O–H groups in total. The zero-order valence-corrected chi connectivity index (χ0v) is 12.3. The van der Waals surface area contributed by atoms with Gasteiger partial charge in [0.05, 0.1) is 16.6 Å². The monoisotopic (exact) mass is 284 g/mol. The lowest BCUT2D eigenvalue weighted by atomic mass is 10.0. The van der Waals surface area contributed by atoms with Gasteiger partial charge in [-0.1, -0.05) is 19.4 Å². The Morgan fingerprint density at radius 1 is 1.21 bits per heavy atom. The first-order valence-corrected chi connectivity index (χ1v) is 7.90. The van der Waals surface area contributed by atoms with Gasteiger partial charge in [0, 0.05) is 0 Å². The number of hydrogen-bond donors (Lipinski definition) is 1. The van der Waals surface area contributed by atoms with Gasteiger partial charge in [-0.2, -0.15) is 0 Å². The predicted molar refractivity (Wildman–Crippen MR) is 74.1 cm³/mol. The first-order valence-electron chi connectivity index (χ1n) is 6.36. The molecule has 0 spiro atoms. The molecule has 0 unspecified atom stereocenters. The molecule has 1 aromatic carbocycles. The fourth-order valence-electron chi connectivity index (χ4n) is 1.87. The van der Waals surface area contributed by atoms with Crippen LogP contribution >= 0.6 is 0 Å². The normalized spacial score (nSPS) is 11.8. The number of carbonyl (C=O) groups is 1. The Morgan fingerprint density at radius 3 is 2.26 bits per heavy atom. The molecule has 1 aromatic rings. The minimum Gasteiger partial charge on any atom is -0.481 e. The molecule has 0 saturated heterocycles. The number of carboxylic acids is 1. The molecule has 0 aliphatic carbocycles. The van der Waals surface area contributed by atoms with E-state index in [1.807, 2.05) is 6.92 Å². The van der Waals surface area contributed by atoms with Gasteiger partial charge >= 0.3 is 5.97 Å². The van der Waals surface area contributed by atoms with Crippen LogP contribution < -0.4 is 0 Å². The molecule has 0 atom stereocenters. The Kier molecular flexibility index (Phi) is 5.11. The van der Waals surface area contributed by atoms with Crippen molar-refractivity contribution in [3.8, 4) is 0 Å². The van der Waals surface area contributed by atoms with Crippen molar-refractivity contribution < 1.29 is 18.3 Å². The highest BCUT2D eigenvalue weighted by Crippen LogP contribution is 2.21. The summed E-state index contributed by atoms with van der Waals surface area (Å²) < 4.78 is 24.4. The van der Waals surface area contributed by atoms with Crippen molar-refractivity contribution in [2.24, 2.45) is 0 Å². The van der Waals surface area contributed by atoms with Crippen molar-refractivity contribution in [2.45, 2.75) is 50.2 Å². The van der Waals surface area contributed by atoms with E-state index in [-0.39, 0.29) is 11.3 Å². The topological polar surface area (TPSA) is 71.4 Å². The zero-order valence-electron chi connectivity index (χ0n) is 11.5. The molecule has 0 amide bonds. The summed E-state index contributed by atoms with van der Waals surface area (Å²) in [4.78, 5) is 11.0. The average Bonchev–Trinajstić information content (AvgIpc) is 2.27. The Morgan fingerprint density at radius 2 is 1.79 bits per heavy atom. The molecule has 1 rings (SSSR count). The average molecular weight is 284 g/mol. The Labute approximate surface area is 114 Å². The van der Waals surface area contributed by atoms with Crippen LogP contribution in [0, 0.1) is 0 Å². The Hall–Kier alpha value is -1.36. The van der Waals surface area contributed by atoms with E-state index >= 15 is 0 Å². The third kappa shape index (κ3) is 4.06. The summed E-state index contributed by atoms with van der Waals surface area (Å²) in [5.41, 5.74) is 1.41. The predicted octanol–water partition coefficient (Wildman–Crippen LogP) is 2.45. The summed E-state index contributed by atoms with van der Waals surface area (Å²) >= 11 is 0. The molecule has 0 aromatic heterocycles. The molecule has 0 radical (unpaired) electrons. The largest absolute Gasteiger partial charge is 0.481 e. The number of benzene rings is 1. The van der Waals surface area contributed by atoms with Crippen LogP contribution in [-0.4, -0.2) is 24.7 Å². The van der Waals surface area contributed by atoms with Gasteiger partial charge in [0.1, 0.15) is 0 Å². The van der Waals surface area contributed by atoms with Crippen molar-refractivity contribution in [3.05, 3.63) is 29.3 Å². The second-order valence-corrected chi connectivity index (χ2v) is 7.40. The highest BCUT2D eigenvalue weighted by molar-refractivity contribution is 7.92. The van der Waals surface area contributed by atoms with Crippen LogP contribution in [0.3, 0.4) is 0 Å². The molecular formula is C14H20O4S. The van der Waals surface area contributed by atoms with Gasteiger partial charge in [-0.3, -0.25) is 4.79 Å². The van der Waals surface area contributed by atoms with Crippen LogP contribution in [0.4, 0.5) is 0 Å². The Bertz CT molecular complexity index is 559. The van der Waals surface area contributed by atoms with Crippen LogP contribution in [0.1, 0.15) is 38.3 Å².